The Morgan fingerprint density at radius 1 is 1.29 bits per heavy atom. The molecule has 3 rings (SSSR count). The number of nitrogens with zero attached hydrogens (tertiary/aromatic N) is 2. The largest absolute Gasteiger partial charge is 0.496 e. The molecular formula is C21H24N2O5. The van der Waals surface area contributed by atoms with Gasteiger partial charge in [-0.15, -0.1) is 0 Å². The number of rotatable bonds is 6. The molecule has 1 aliphatic rings. The monoisotopic (exact) mass is 384 g/mol. The Kier molecular flexibility index (Phi) is 5.94. The van der Waals surface area contributed by atoms with Crippen molar-refractivity contribution in [3.63, 3.8) is 0 Å². The Bertz CT molecular complexity index is 863. The van der Waals surface area contributed by atoms with Crippen molar-refractivity contribution in [2.75, 3.05) is 13.7 Å². The lowest BCUT2D eigenvalue weighted by molar-refractivity contribution is -0.129. The molecule has 1 saturated heterocycles. The van der Waals surface area contributed by atoms with Crippen LogP contribution in [0.25, 0.3) is 0 Å². The van der Waals surface area contributed by atoms with Crippen LogP contribution in [0.2, 0.25) is 0 Å². The molecule has 0 saturated carbocycles. The number of amides is 2. The van der Waals surface area contributed by atoms with E-state index in [1.54, 1.807) is 25.6 Å². The summed E-state index contributed by atoms with van der Waals surface area (Å²) in [4.78, 5) is 30.2. The molecule has 0 bridgehead atoms. The second-order valence-electron chi connectivity index (χ2n) is 6.93. The predicted octanol–water partition coefficient (Wildman–Crippen LogP) is 2.72. The summed E-state index contributed by atoms with van der Waals surface area (Å²) in [6.45, 7) is 3.53. The van der Waals surface area contributed by atoms with Gasteiger partial charge in [0.2, 0.25) is 5.91 Å². The number of methoxy groups -OCH3 is 1. The molecule has 2 heterocycles. The second kappa shape index (κ2) is 8.39. The van der Waals surface area contributed by atoms with Gasteiger partial charge in [-0.3, -0.25) is 9.78 Å². The van der Waals surface area contributed by atoms with Gasteiger partial charge in [0.05, 0.1) is 13.7 Å². The van der Waals surface area contributed by atoms with Crippen molar-refractivity contribution in [2.45, 2.75) is 38.8 Å². The molecule has 1 aromatic heterocycles. The molecule has 1 fully saturated rings. The zero-order chi connectivity index (χ0) is 20.3. The van der Waals surface area contributed by atoms with Gasteiger partial charge in [-0.05, 0) is 31.9 Å². The Hall–Kier alpha value is -2.93. The first-order chi connectivity index (χ1) is 13.4. The molecule has 0 aliphatic carbocycles. The highest BCUT2D eigenvalue weighted by atomic mass is 16.6. The number of aliphatic hydroxyl groups excluding tert-OH is 1. The number of pyridine rings is 1. The Labute approximate surface area is 163 Å². The van der Waals surface area contributed by atoms with Crippen molar-refractivity contribution in [2.24, 2.45) is 0 Å². The number of aryl methyl sites for hydroxylation is 3. The zero-order valence-corrected chi connectivity index (χ0v) is 16.2. The highest BCUT2D eigenvalue weighted by Crippen LogP contribution is 2.34. The van der Waals surface area contributed by atoms with Gasteiger partial charge >= 0.3 is 6.09 Å². The maximum atomic E-state index is 12.8. The molecule has 0 unspecified atom stereocenters. The minimum atomic E-state index is -0.753. The van der Waals surface area contributed by atoms with E-state index >= 15 is 0 Å². The van der Waals surface area contributed by atoms with Gasteiger partial charge in [0.25, 0.3) is 0 Å². The average molecular weight is 384 g/mol. The Morgan fingerprint density at radius 2 is 2.00 bits per heavy atom. The van der Waals surface area contributed by atoms with Crippen molar-refractivity contribution in [3.8, 4) is 5.75 Å². The number of cyclic esters (lactones) is 1. The summed E-state index contributed by atoms with van der Waals surface area (Å²) in [7, 11) is 1.55. The number of hydrogen-bond donors (Lipinski definition) is 1. The molecule has 1 N–H and O–H groups in total. The smallest absolute Gasteiger partial charge is 0.417 e. The number of hydrogen-bond acceptors (Lipinski definition) is 6. The summed E-state index contributed by atoms with van der Waals surface area (Å²) in [6.07, 6.45) is 2.27. The van der Waals surface area contributed by atoms with Crippen molar-refractivity contribution in [3.05, 3.63) is 58.9 Å². The third kappa shape index (κ3) is 3.99. The van der Waals surface area contributed by atoms with Gasteiger partial charge in [0.15, 0.2) is 6.10 Å². The quantitative estimate of drug-likeness (QED) is 0.824. The average Bonchev–Trinajstić information content (AvgIpc) is 3.02. The number of aromatic nitrogens is 1. The fourth-order valence-electron chi connectivity index (χ4n) is 3.61. The van der Waals surface area contributed by atoms with Crippen molar-refractivity contribution < 1.29 is 24.2 Å². The van der Waals surface area contributed by atoms with Crippen LogP contribution in [0.1, 0.15) is 34.8 Å². The van der Waals surface area contributed by atoms with E-state index in [0.717, 1.165) is 27.2 Å². The van der Waals surface area contributed by atoms with Gasteiger partial charge in [0.1, 0.15) is 11.8 Å². The number of aliphatic hydroxyl groups is 1. The summed E-state index contributed by atoms with van der Waals surface area (Å²) in [5.41, 5.74) is 3.60. The molecule has 2 aromatic rings. The molecule has 7 heteroatoms. The molecule has 0 spiro atoms. The topological polar surface area (TPSA) is 89.0 Å². The normalized spacial score (nSPS) is 18.9. The van der Waals surface area contributed by atoms with E-state index in [9.17, 15) is 14.7 Å². The van der Waals surface area contributed by atoms with Gasteiger partial charge in [-0.2, -0.15) is 0 Å². The zero-order valence-electron chi connectivity index (χ0n) is 16.2. The maximum Gasteiger partial charge on any atom is 0.417 e. The molecule has 148 valence electrons. The first-order valence-corrected chi connectivity index (χ1v) is 9.13. The summed E-state index contributed by atoms with van der Waals surface area (Å²) >= 11 is 0. The molecule has 1 aromatic carbocycles. The third-order valence-electron chi connectivity index (χ3n) is 4.82. The summed E-state index contributed by atoms with van der Waals surface area (Å²) < 4.78 is 10.7. The van der Waals surface area contributed by atoms with Gasteiger partial charge in [-0.1, -0.05) is 29.3 Å². The van der Waals surface area contributed by atoms with Gasteiger partial charge in [-0.25, -0.2) is 9.69 Å². The lowest BCUT2D eigenvalue weighted by atomic mass is 9.98. The third-order valence-corrected chi connectivity index (χ3v) is 4.82. The lowest BCUT2D eigenvalue weighted by Crippen LogP contribution is -2.41. The molecule has 7 nitrogen and oxygen atoms in total. The van der Waals surface area contributed by atoms with Crippen LogP contribution < -0.4 is 4.74 Å². The van der Waals surface area contributed by atoms with Crippen molar-refractivity contribution in [1.82, 2.24) is 9.88 Å². The van der Waals surface area contributed by atoms with Crippen LogP contribution in [-0.2, 0) is 16.0 Å². The lowest BCUT2D eigenvalue weighted by Gasteiger charge is -2.22. The number of carbonyl (C=O) groups is 2. The first-order valence-electron chi connectivity index (χ1n) is 9.13. The van der Waals surface area contributed by atoms with Crippen LogP contribution in [0.3, 0.4) is 0 Å². The Balaban J connectivity index is 1.77. The van der Waals surface area contributed by atoms with Crippen LogP contribution in [0.5, 0.6) is 5.75 Å². The number of imide groups is 1. The van der Waals surface area contributed by atoms with E-state index < -0.39 is 24.1 Å². The molecule has 2 amide bonds. The summed E-state index contributed by atoms with van der Waals surface area (Å²) in [5.74, 6) is 0.237. The highest BCUT2D eigenvalue weighted by Gasteiger charge is 2.45. The van der Waals surface area contributed by atoms with E-state index in [4.69, 9.17) is 9.47 Å². The first kappa shape index (κ1) is 19.8. The number of carbonyl (C=O) groups excluding carboxylic acids is 2. The molecular weight excluding hydrogens is 360 g/mol. The minimum Gasteiger partial charge on any atom is -0.496 e. The fraction of sp³-hybridized carbons (Fsp3) is 0.381. The number of ether oxygens (including phenoxy) is 2. The van der Waals surface area contributed by atoms with E-state index in [-0.39, 0.29) is 13.0 Å². The van der Waals surface area contributed by atoms with Gasteiger partial charge < -0.3 is 14.6 Å². The second-order valence-corrected chi connectivity index (χ2v) is 6.93. The van der Waals surface area contributed by atoms with Crippen LogP contribution in [0.15, 0.2) is 36.7 Å². The van der Waals surface area contributed by atoms with E-state index in [1.807, 2.05) is 32.0 Å². The standard InChI is InChI=1S/C21H24N2O5/c1-13-8-14(2)10-16(9-13)20-17(12-24)23(21(26)28-20)19(25)5-4-15-11-22-7-6-18(15)27-3/h6-11,17,20,24H,4-5,12H2,1-3H3/t17-,20+/m0/s1. The maximum absolute atomic E-state index is 12.8. The summed E-state index contributed by atoms with van der Waals surface area (Å²) in [5, 5.41) is 9.88. The van der Waals surface area contributed by atoms with E-state index in [0.29, 0.717) is 12.2 Å². The minimum absolute atomic E-state index is 0.0766. The SMILES string of the molecule is COc1ccncc1CCC(=O)N1C(=O)O[C@H](c2cc(C)cc(C)c2)[C@@H]1CO. The van der Waals surface area contributed by atoms with E-state index in [2.05, 4.69) is 4.98 Å². The molecule has 0 radical (unpaired) electrons. The fourth-order valence-corrected chi connectivity index (χ4v) is 3.61. The van der Waals surface area contributed by atoms with Crippen LogP contribution in [-0.4, -0.2) is 46.7 Å². The van der Waals surface area contributed by atoms with Crippen molar-refractivity contribution in [1.29, 1.82) is 0 Å². The van der Waals surface area contributed by atoms with E-state index in [1.165, 1.54) is 0 Å². The number of benzene rings is 1. The highest BCUT2D eigenvalue weighted by molar-refractivity contribution is 5.94. The van der Waals surface area contributed by atoms with Crippen molar-refractivity contribution >= 4 is 12.0 Å². The van der Waals surface area contributed by atoms with Crippen LogP contribution in [0, 0.1) is 13.8 Å². The predicted molar refractivity (Wildman–Crippen MR) is 102 cm³/mol. The molecule has 2 atom stereocenters. The molecule has 28 heavy (non-hydrogen) atoms. The summed E-state index contributed by atoms with van der Waals surface area (Å²) in [6, 6.07) is 6.79. The van der Waals surface area contributed by atoms with Gasteiger partial charge in [0, 0.05) is 24.4 Å². The van der Waals surface area contributed by atoms with Crippen LogP contribution >= 0.6 is 0 Å². The Morgan fingerprint density at radius 3 is 2.64 bits per heavy atom. The van der Waals surface area contributed by atoms with Crippen LogP contribution in [0.4, 0.5) is 4.79 Å². The molecule has 1 aliphatic heterocycles.